The van der Waals surface area contributed by atoms with E-state index < -0.39 is 6.04 Å². The zero-order valence-corrected chi connectivity index (χ0v) is 11.1. The number of nitrogens with one attached hydrogen (secondary N) is 1. The third-order valence-corrected chi connectivity index (χ3v) is 2.10. The Hall–Kier alpha value is -1.30. The van der Waals surface area contributed by atoms with E-state index in [2.05, 4.69) is 5.32 Å². The van der Waals surface area contributed by atoms with Crippen LogP contribution in [0.25, 0.3) is 0 Å². The zero-order chi connectivity index (χ0) is 12.5. The Morgan fingerprint density at radius 3 is 2.67 bits per heavy atom. The smallest absolute Gasteiger partial charge is 0.239 e. The van der Waals surface area contributed by atoms with E-state index in [4.69, 9.17) is 15.2 Å². The number of carbonyl (C=O) groups excluding carboxylic acids is 1. The maximum atomic E-state index is 11.4. The van der Waals surface area contributed by atoms with Gasteiger partial charge in [-0.2, -0.15) is 0 Å². The molecule has 102 valence electrons. The van der Waals surface area contributed by atoms with E-state index in [1.165, 1.54) is 7.11 Å². The van der Waals surface area contributed by atoms with Crippen LogP contribution in [-0.2, 0) is 9.53 Å². The minimum atomic E-state index is -0.628. The second-order valence-electron chi connectivity index (χ2n) is 3.51. The number of halogens is 1. The largest absolute Gasteiger partial charge is 0.492 e. The first-order chi connectivity index (χ1) is 8.24. The van der Waals surface area contributed by atoms with Crippen molar-refractivity contribution in [1.29, 1.82) is 0 Å². The molecular weight excluding hydrogens is 256 g/mol. The molecule has 0 bridgehead atoms. The maximum Gasteiger partial charge on any atom is 0.239 e. The number of ether oxygens (including phenoxy) is 2. The minimum absolute atomic E-state index is 0. The third-order valence-electron chi connectivity index (χ3n) is 2.10. The highest BCUT2D eigenvalue weighted by molar-refractivity contribution is 5.85. The number of hydrogen-bond donors (Lipinski definition) is 2. The van der Waals surface area contributed by atoms with Crippen LogP contribution in [0, 0.1) is 0 Å². The molecule has 1 aromatic carbocycles. The second kappa shape index (κ2) is 9.70. The number of methoxy groups -OCH3 is 1. The summed E-state index contributed by atoms with van der Waals surface area (Å²) >= 11 is 0. The van der Waals surface area contributed by atoms with E-state index in [0.29, 0.717) is 13.2 Å². The molecule has 3 N–H and O–H groups in total. The number of rotatable bonds is 7. The summed E-state index contributed by atoms with van der Waals surface area (Å²) in [5, 5.41) is 2.67. The fourth-order valence-corrected chi connectivity index (χ4v) is 1.25. The molecule has 1 aromatic rings. The van der Waals surface area contributed by atoms with Gasteiger partial charge in [0.15, 0.2) is 0 Å². The highest BCUT2D eigenvalue weighted by atomic mass is 35.5. The Bertz CT molecular complexity index is 335. The van der Waals surface area contributed by atoms with Crippen molar-refractivity contribution in [2.45, 2.75) is 6.04 Å². The quantitative estimate of drug-likeness (QED) is 0.713. The molecule has 0 saturated heterocycles. The summed E-state index contributed by atoms with van der Waals surface area (Å²) in [6.07, 6.45) is 0. The van der Waals surface area contributed by atoms with Gasteiger partial charge in [0, 0.05) is 7.11 Å². The summed E-state index contributed by atoms with van der Waals surface area (Å²) in [5.41, 5.74) is 5.54. The van der Waals surface area contributed by atoms with E-state index in [-0.39, 0.29) is 24.9 Å². The van der Waals surface area contributed by atoms with Crippen molar-refractivity contribution < 1.29 is 14.3 Å². The van der Waals surface area contributed by atoms with Crippen LogP contribution >= 0.6 is 12.4 Å². The molecule has 18 heavy (non-hydrogen) atoms. The standard InChI is InChI=1S/C12H18N2O3.ClH/c1-16-9-11(13)12(15)14-7-8-17-10-5-3-2-4-6-10;/h2-6,11H,7-9,13H2,1H3,(H,14,15);1H. The van der Waals surface area contributed by atoms with Crippen molar-refractivity contribution >= 4 is 18.3 Å². The van der Waals surface area contributed by atoms with Gasteiger partial charge in [0.25, 0.3) is 0 Å². The SMILES string of the molecule is COCC(N)C(=O)NCCOc1ccccc1.Cl. The second-order valence-corrected chi connectivity index (χ2v) is 3.51. The minimum Gasteiger partial charge on any atom is -0.492 e. The summed E-state index contributed by atoms with van der Waals surface area (Å²) in [6, 6.07) is 8.79. The molecule has 5 nitrogen and oxygen atoms in total. The van der Waals surface area contributed by atoms with E-state index in [0.717, 1.165) is 5.75 Å². The Morgan fingerprint density at radius 1 is 1.39 bits per heavy atom. The summed E-state index contributed by atoms with van der Waals surface area (Å²) < 4.78 is 10.2. The number of hydrogen-bond acceptors (Lipinski definition) is 4. The average molecular weight is 275 g/mol. The van der Waals surface area contributed by atoms with Gasteiger partial charge in [0.05, 0.1) is 13.2 Å². The molecule has 1 atom stereocenters. The molecule has 0 heterocycles. The summed E-state index contributed by atoms with van der Waals surface area (Å²) in [7, 11) is 1.51. The van der Waals surface area contributed by atoms with Crippen molar-refractivity contribution in [3.63, 3.8) is 0 Å². The summed E-state index contributed by atoms with van der Waals surface area (Å²) in [6.45, 7) is 1.05. The van der Waals surface area contributed by atoms with Gasteiger partial charge in [-0.05, 0) is 12.1 Å². The zero-order valence-electron chi connectivity index (χ0n) is 10.3. The first kappa shape index (κ1) is 16.7. The molecule has 0 radical (unpaired) electrons. The first-order valence-corrected chi connectivity index (χ1v) is 5.44. The maximum absolute atomic E-state index is 11.4. The van der Waals surface area contributed by atoms with Crippen LogP contribution in [-0.4, -0.2) is 38.8 Å². The molecule has 0 spiro atoms. The van der Waals surface area contributed by atoms with Crippen LogP contribution in [0.4, 0.5) is 0 Å². The van der Waals surface area contributed by atoms with Crippen LogP contribution in [0.3, 0.4) is 0 Å². The number of amides is 1. The van der Waals surface area contributed by atoms with E-state index in [1.807, 2.05) is 30.3 Å². The highest BCUT2D eigenvalue weighted by Gasteiger charge is 2.11. The Kier molecular flexibility index (Phi) is 9.00. The summed E-state index contributed by atoms with van der Waals surface area (Å²) in [5.74, 6) is 0.548. The van der Waals surface area contributed by atoms with Gasteiger partial charge in [0.1, 0.15) is 18.4 Å². The fraction of sp³-hybridized carbons (Fsp3) is 0.417. The molecule has 0 fully saturated rings. The lowest BCUT2D eigenvalue weighted by Gasteiger charge is -2.11. The molecule has 0 saturated carbocycles. The van der Waals surface area contributed by atoms with Gasteiger partial charge in [0.2, 0.25) is 5.91 Å². The van der Waals surface area contributed by atoms with Gasteiger partial charge < -0.3 is 20.5 Å². The first-order valence-electron chi connectivity index (χ1n) is 5.44. The molecule has 0 aromatic heterocycles. The normalized spacial score (nSPS) is 11.2. The molecule has 6 heteroatoms. The Balaban J connectivity index is 0.00000289. The van der Waals surface area contributed by atoms with Gasteiger partial charge >= 0.3 is 0 Å². The molecule has 1 unspecified atom stereocenters. The molecule has 1 amide bonds. The van der Waals surface area contributed by atoms with E-state index >= 15 is 0 Å². The average Bonchev–Trinajstić information content (AvgIpc) is 2.36. The Morgan fingerprint density at radius 2 is 2.06 bits per heavy atom. The van der Waals surface area contributed by atoms with Gasteiger partial charge in [-0.1, -0.05) is 18.2 Å². The lowest BCUT2D eigenvalue weighted by atomic mass is 10.3. The van der Waals surface area contributed by atoms with Gasteiger partial charge in [-0.3, -0.25) is 4.79 Å². The molecule has 0 aliphatic rings. The van der Waals surface area contributed by atoms with Crippen LogP contribution in [0.15, 0.2) is 30.3 Å². The van der Waals surface area contributed by atoms with Crippen molar-refractivity contribution in [3.05, 3.63) is 30.3 Å². The van der Waals surface area contributed by atoms with E-state index in [9.17, 15) is 4.79 Å². The molecule has 1 rings (SSSR count). The van der Waals surface area contributed by atoms with Crippen molar-refractivity contribution in [1.82, 2.24) is 5.32 Å². The number of carbonyl (C=O) groups is 1. The number of benzene rings is 1. The van der Waals surface area contributed by atoms with Crippen molar-refractivity contribution in [2.24, 2.45) is 5.73 Å². The predicted molar refractivity (Wildman–Crippen MR) is 72.0 cm³/mol. The molecule has 0 aliphatic carbocycles. The highest BCUT2D eigenvalue weighted by Crippen LogP contribution is 2.07. The Labute approximate surface area is 113 Å². The monoisotopic (exact) mass is 274 g/mol. The van der Waals surface area contributed by atoms with E-state index in [1.54, 1.807) is 0 Å². The van der Waals surface area contributed by atoms with Gasteiger partial charge in [-0.15, -0.1) is 12.4 Å². The predicted octanol–water partition coefficient (Wildman–Crippen LogP) is 0.577. The van der Waals surface area contributed by atoms with Crippen LogP contribution in [0.5, 0.6) is 5.75 Å². The lowest BCUT2D eigenvalue weighted by molar-refractivity contribution is -0.123. The summed E-state index contributed by atoms with van der Waals surface area (Å²) in [4.78, 5) is 11.4. The van der Waals surface area contributed by atoms with Gasteiger partial charge in [-0.25, -0.2) is 0 Å². The van der Waals surface area contributed by atoms with Crippen molar-refractivity contribution in [2.75, 3.05) is 26.9 Å². The van der Waals surface area contributed by atoms with Crippen molar-refractivity contribution in [3.8, 4) is 5.75 Å². The number of para-hydroxylation sites is 1. The lowest BCUT2D eigenvalue weighted by Crippen LogP contribution is -2.44. The molecule has 0 aliphatic heterocycles. The number of nitrogens with two attached hydrogens (primary N) is 1. The molecular formula is C12H19ClN2O3. The topological polar surface area (TPSA) is 73.6 Å². The van der Waals surface area contributed by atoms with Crippen LogP contribution in [0.1, 0.15) is 0 Å². The fourth-order valence-electron chi connectivity index (χ4n) is 1.25. The third kappa shape index (κ3) is 6.44. The van der Waals surface area contributed by atoms with Crippen LogP contribution < -0.4 is 15.8 Å². The van der Waals surface area contributed by atoms with Crippen LogP contribution in [0.2, 0.25) is 0 Å².